The molecule has 1 amide bonds. The lowest BCUT2D eigenvalue weighted by atomic mass is 10.1. The molecule has 1 heterocycles. The molecule has 0 atom stereocenters. The lowest BCUT2D eigenvalue weighted by Crippen LogP contribution is -2.48. The van der Waals surface area contributed by atoms with Gasteiger partial charge in [0.25, 0.3) is 0 Å². The van der Waals surface area contributed by atoms with Crippen molar-refractivity contribution in [1.82, 2.24) is 4.90 Å². The Hall–Kier alpha value is -2.36. The van der Waals surface area contributed by atoms with E-state index in [1.165, 1.54) is 17.7 Å². The fourth-order valence-corrected chi connectivity index (χ4v) is 3.35. The zero-order chi connectivity index (χ0) is 20.6. The molecule has 0 bridgehead atoms. The largest absolute Gasteiger partial charge is 0.370 e. The van der Waals surface area contributed by atoms with Crippen molar-refractivity contribution in [2.75, 3.05) is 42.9 Å². The van der Waals surface area contributed by atoms with Crippen LogP contribution in [0.5, 0.6) is 0 Å². The van der Waals surface area contributed by atoms with Crippen molar-refractivity contribution in [2.45, 2.75) is 19.8 Å². The van der Waals surface area contributed by atoms with Crippen LogP contribution >= 0.6 is 24.0 Å². The number of aryl methyl sites for hydroxylation is 1. The average Bonchev–Trinajstić information content (AvgIpc) is 2.74. The van der Waals surface area contributed by atoms with Gasteiger partial charge in [-0.1, -0.05) is 19.1 Å². The van der Waals surface area contributed by atoms with E-state index in [2.05, 4.69) is 28.2 Å². The molecule has 1 fully saturated rings. The summed E-state index contributed by atoms with van der Waals surface area (Å²) in [5.41, 5.74) is 9.03. The van der Waals surface area contributed by atoms with Crippen molar-refractivity contribution in [3.63, 3.8) is 0 Å². The summed E-state index contributed by atoms with van der Waals surface area (Å²) < 4.78 is 13.1. The Morgan fingerprint density at radius 3 is 2.50 bits per heavy atom. The Morgan fingerprint density at radius 1 is 1.13 bits per heavy atom. The van der Waals surface area contributed by atoms with Gasteiger partial charge in [0.2, 0.25) is 5.91 Å². The van der Waals surface area contributed by atoms with Gasteiger partial charge in [0.15, 0.2) is 5.96 Å². The summed E-state index contributed by atoms with van der Waals surface area (Å²) in [6.07, 6.45) is 1.28. The van der Waals surface area contributed by atoms with Crippen LogP contribution in [0.4, 0.5) is 15.8 Å². The molecule has 0 unspecified atom stereocenters. The van der Waals surface area contributed by atoms with Gasteiger partial charge in [-0.25, -0.2) is 4.39 Å². The molecule has 2 aromatic carbocycles. The highest BCUT2D eigenvalue weighted by Crippen LogP contribution is 2.17. The lowest BCUT2D eigenvalue weighted by molar-refractivity contribution is -0.131. The van der Waals surface area contributed by atoms with Crippen LogP contribution < -0.4 is 16.0 Å². The van der Waals surface area contributed by atoms with Gasteiger partial charge in [-0.2, -0.15) is 0 Å². The molecular formula is C22H29FIN5O. The Balaban J connectivity index is 0.00000320. The molecule has 0 saturated carbocycles. The van der Waals surface area contributed by atoms with Crippen LogP contribution in [0.3, 0.4) is 0 Å². The SMILES string of the molecule is CCc1cccc(NC(N)=NCCC(=O)N2CCN(c3ccc(F)cc3)CC2)c1.I. The summed E-state index contributed by atoms with van der Waals surface area (Å²) in [6, 6.07) is 14.5. The molecule has 30 heavy (non-hydrogen) atoms. The van der Waals surface area contributed by atoms with E-state index in [1.54, 1.807) is 12.1 Å². The number of guanidine groups is 1. The van der Waals surface area contributed by atoms with Crippen LogP contribution in [0.25, 0.3) is 0 Å². The molecule has 0 spiro atoms. The van der Waals surface area contributed by atoms with Gasteiger partial charge >= 0.3 is 0 Å². The van der Waals surface area contributed by atoms with Crippen molar-refractivity contribution < 1.29 is 9.18 Å². The quantitative estimate of drug-likeness (QED) is 0.344. The third kappa shape index (κ3) is 6.86. The monoisotopic (exact) mass is 525 g/mol. The minimum atomic E-state index is -0.241. The summed E-state index contributed by atoms with van der Waals surface area (Å²) in [7, 11) is 0. The number of nitrogens with one attached hydrogen (secondary N) is 1. The first-order valence-electron chi connectivity index (χ1n) is 9.99. The van der Waals surface area contributed by atoms with Crippen LogP contribution in [-0.2, 0) is 11.2 Å². The predicted octanol–water partition coefficient (Wildman–Crippen LogP) is 3.47. The van der Waals surface area contributed by atoms with Gasteiger partial charge in [-0.3, -0.25) is 9.79 Å². The van der Waals surface area contributed by atoms with Crippen LogP contribution in [-0.4, -0.2) is 49.5 Å². The van der Waals surface area contributed by atoms with Crippen LogP contribution in [0, 0.1) is 5.82 Å². The fraction of sp³-hybridized carbons (Fsp3) is 0.364. The van der Waals surface area contributed by atoms with Gasteiger partial charge in [0.05, 0.1) is 6.54 Å². The number of aliphatic imine (C=N–C) groups is 1. The Morgan fingerprint density at radius 2 is 1.83 bits per heavy atom. The number of hydrogen-bond donors (Lipinski definition) is 2. The van der Waals surface area contributed by atoms with Gasteiger partial charge in [0.1, 0.15) is 5.82 Å². The minimum Gasteiger partial charge on any atom is -0.370 e. The molecule has 8 heteroatoms. The van der Waals surface area contributed by atoms with Gasteiger partial charge in [0, 0.05) is 44.0 Å². The van der Waals surface area contributed by atoms with E-state index >= 15 is 0 Å². The molecule has 0 radical (unpaired) electrons. The lowest BCUT2D eigenvalue weighted by Gasteiger charge is -2.36. The number of nitrogens with zero attached hydrogens (tertiary/aromatic N) is 3. The molecule has 1 saturated heterocycles. The average molecular weight is 525 g/mol. The van der Waals surface area contributed by atoms with E-state index in [4.69, 9.17) is 5.73 Å². The number of rotatable bonds is 6. The van der Waals surface area contributed by atoms with Crippen molar-refractivity contribution in [1.29, 1.82) is 0 Å². The second kappa shape index (κ2) is 11.7. The van der Waals surface area contributed by atoms with Crippen molar-refractivity contribution in [3.05, 3.63) is 59.9 Å². The maximum atomic E-state index is 13.1. The first-order valence-corrected chi connectivity index (χ1v) is 9.99. The van der Waals surface area contributed by atoms with Crippen LogP contribution in [0.15, 0.2) is 53.5 Å². The predicted molar refractivity (Wildman–Crippen MR) is 131 cm³/mol. The first kappa shape index (κ1) is 23.9. The molecule has 2 aromatic rings. The third-order valence-corrected chi connectivity index (χ3v) is 5.04. The van der Waals surface area contributed by atoms with Crippen molar-refractivity contribution in [2.24, 2.45) is 10.7 Å². The van der Waals surface area contributed by atoms with E-state index in [-0.39, 0.29) is 35.7 Å². The molecule has 3 N–H and O–H groups in total. The maximum absolute atomic E-state index is 13.1. The smallest absolute Gasteiger partial charge is 0.224 e. The Bertz CT molecular complexity index is 851. The zero-order valence-electron chi connectivity index (χ0n) is 17.2. The molecule has 1 aliphatic rings. The standard InChI is InChI=1S/C22H28FN5O.HI/c1-2-17-4-3-5-19(16-17)26-22(24)25-11-10-21(29)28-14-12-27(13-15-28)20-8-6-18(23)7-9-20;/h3-9,16H,2,10-15H2,1H3,(H3,24,25,26);1H. The van der Waals surface area contributed by atoms with Crippen LogP contribution in [0.1, 0.15) is 18.9 Å². The topological polar surface area (TPSA) is 74.0 Å². The number of nitrogens with two attached hydrogens (primary N) is 1. The molecule has 162 valence electrons. The third-order valence-electron chi connectivity index (χ3n) is 5.04. The van der Waals surface area contributed by atoms with Crippen molar-refractivity contribution >= 4 is 47.2 Å². The van der Waals surface area contributed by atoms with E-state index < -0.39 is 0 Å². The summed E-state index contributed by atoms with van der Waals surface area (Å²) in [6.45, 7) is 5.22. The number of anilines is 2. The molecule has 0 aromatic heterocycles. The Kier molecular flexibility index (Phi) is 9.35. The number of carbonyl (C=O) groups is 1. The Labute approximate surface area is 194 Å². The highest BCUT2D eigenvalue weighted by Gasteiger charge is 2.20. The molecule has 6 nitrogen and oxygen atoms in total. The number of halogens is 2. The van der Waals surface area contributed by atoms with Crippen LogP contribution in [0.2, 0.25) is 0 Å². The second-order valence-corrected chi connectivity index (χ2v) is 7.04. The maximum Gasteiger partial charge on any atom is 0.224 e. The number of hydrogen-bond acceptors (Lipinski definition) is 3. The summed E-state index contributed by atoms with van der Waals surface area (Å²) in [5, 5.41) is 3.07. The normalized spacial score (nSPS) is 14.3. The molecular weight excluding hydrogens is 496 g/mol. The second-order valence-electron chi connectivity index (χ2n) is 7.04. The molecule has 0 aliphatic carbocycles. The number of piperazine rings is 1. The number of carbonyl (C=O) groups excluding carboxylic acids is 1. The zero-order valence-corrected chi connectivity index (χ0v) is 19.5. The van der Waals surface area contributed by atoms with Gasteiger partial charge in [-0.05, 0) is 48.4 Å². The fourth-order valence-electron chi connectivity index (χ4n) is 3.35. The van der Waals surface area contributed by atoms with E-state index in [0.29, 0.717) is 32.0 Å². The van der Waals surface area contributed by atoms with E-state index in [1.807, 2.05) is 23.1 Å². The van der Waals surface area contributed by atoms with Gasteiger partial charge < -0.3 is 20.9 Å². The molecule has 1 aliphatic heterocycles. The van der Waals surface area contributed by atoms with Gasteiger partial charge in [-0.15, -0.1) is 24.0 Å². The summed E-state index contributed by atoms with van der Waals surface area (Å²) >= 11 is 0. The van der Waals surface area contributed by atoms with E-state index in [9.17, 15) is 9.18 Å². The highest BCUT2D eigenvalue weighted by molar-refractivity contribution is 14.0. The van der Waals surface area contributed by atoms with Crippen molar-refractivity contribution in [3.8, 4) is 0 Å². The van der Waals surface area contributed by atoms with E-state index in [0.717, 1.165) is 30.9 Å². The molecule has 3 rings (SSSR count). The highest BCUT2D eigenvalue weighted by atomic mass is 127. The first-order chi connectivity index (χ1) is 14.0. The summed E-state index contributed by atoms with van der Waals surface area (Å²) in [4.78, 5) is 20.7. The summed E-state index contributed by atoms with van der Waals surface area (Å²) in [5.74, 6) is 0.149. The number of amides is 1. The number of benzene rings is 2. The minimum absolute atomic E-state index is 0.